The maximum absolute atomic E-state index is 9.45. The second kappa shape index (κ2) is 6.08. The lowest BCUT2D eigenvalue weighted by atomic mass is 10.1. The first kappa shape index (κ1) is 15.3. The molecule has 0 bridgehead atoms. The van der Waals surface area contributed by atoms with E-state index in [0.29, 0.717) is 35.9 Å². The largest absolute Gasteiger partial charge is 0.453 e. The summed E-state index contributed by atoms with van der Waals surface area (Å²) in [5, 5.41) is 17.5. The number of furan rings is 1. The Bertz CT molecular complexity index is 1080. The maximum atomic E-state index is 9.45. The van der Waals surface area contributed by atoms with Gasteiger partial charge in [0, 0.05) is 30.1 Å². The van der Waals surface area contributed by atoms with E-state index in [1.54, 1.807) is 12.3 Å². The molecule has 1 saturated heterocycles. The molecule has 0 amide bonds. The van der Waals surface area contributed by atoms with Gasteiger partial charge in [0.05, 0.1) is 24.9 Å². The van der Waals surface area contributed by atoms with Gasteiger partial charge in [0.1, 0.15) is 17.9 Å². The molecular formula is C18H17N5O3. The van der Waals surface area contributed by atoms with Gasteiger partial charge in [-0.25, -0.2) is 9.97 Å². The minimum absolute atomic E-state index is 0.175. The summed E-state index contributed by atoms with van der Waals surface area (Å²) < 4.78 is 11.2. The minimum Gasteiger partial charge on any atom is -0.453 e. The SMILES string of the molecule is OCc1cc2nc(-c3cccc4[nH]ncc34)nc(N3CCOCC3)c2o1. The van der Waals surface area contributed by atoms with Crippen molar-refractivity contribution in [1.82, 2.24) is 20.2 Å². The second-order valence-corrected chi connectivity index (χ2v) is 6.19. The quantitative estimate of drug-likeness (QED) is 0.583. The summed E-state index contributed by atoms with van der Waals surface area (Å²) >= 11 is 0. The molecule has 8 heteroatoms. The van der Waals surface area contributed by atoms with E-state index < -0.39 is 0 Å². The topological polar surface area (TPSA) is 100 Å². The van der Waals surface area contributed by atoms with Gasteiger partial charge < -0.3 is 19.2 Å². The molecule has 4 aromatic rings. The average molecular weight is 351 g/mol. The van der Waals surface area contributed by atoms with E-state index in [4.69, 9.17) is 14.1 Å². The van der Waals surface area contributed by atoms with Crippen LogP contribution >= 0.6 is 0 Å². The van der Waals surface area contributed by atoms with Crippen molar-refractivity contribution in [1.29, 1.82) is 0 Å². The van der Waals surface area contributed by atoms with Crippen LogP contribution in [0.25, 0.3) is 33.4 Å². The van der Waals surface area contributed by atoms with E-state index in [1.807, 2.05) is 18.2 Å². The highest BCUT2D eigenvalue weighted by Crippen LogP contribution is 2.32. The Labute approximate surface area is 148 Å². The molecule has 5 rings (SSSR count). The molecule has 0 unspecified atom stereocenters. The Morgan fingerprint density at radius 1 is 1.19 bits per heavy atom. The van der Waals surface area contributed by atoms with Crippen molar-refractivity contribution in [2.45, 2.75) is 6.61 Å². The fourth-order valence-corrected chi connectivity index (χ4v) is 3.32. The molecule has 0 aliphatic carbocycles. The van der Waals surface area contributed by atoms with Crippen molar-refractivity contribution in [3.63, 3.8) is 0 Å². The number of rotatable bonds is 3. The zero-order valence-electron chi connectivity index (χ0n) is 14.0. The fourth-order valence-electron chi connectivity index (χ4n) is 3.32. The molecule has 1 aliphatic heterocycles. The molecule has 8 nitrogen and oxygen atoms in total. The number of benzene rings is 1. The van der Waals surface area contributed by atoms with Gasteiger partial charge in [0.15, 0.2) is 17.2 Å². The van der Waals surface area contributed by atoms with E-state index >= 15 is 0 Å². The van der Waals surface area contributed by atoms with Gasteiger partial charge in [-0.2, -0.15) is 5.10 Å². The number of H-pyrrole nitrogens is 1. The summed E-state index contributed by atoms with van der Waals surface area (Å²) in [7, 11) is 0. The summed E-state index contributed by atoms with van der Waals surface area (Å²) in [6.07, 6.45) is 1.78. The van der Waals surface area contributed by atoms with Crippen LogP contribution in [0.3, 0.4) is 0 Å². The van der Waals surface area contributed by atoms with Crippen LogP contribution in [0.2, 0.25) is 0 Å². The molecule has 26 heavy (non-hydrogen) atoms. The van der Waals surface area contributed by atoms with Crippen LogP contribution < -0.4 is 4.90 Å². The number of aliphatic hydroxyl groups is 1. The Balaban J connectivity index is 1.74. The molecular weight excluding hydrogens is 334 g/mol. The molecule has 2 N–H and O–H groups in total. The van der Waals surface area contributed by atoms with Crippen molar-refractivity contribution in [3.8, 4) is 11.4 Å². The maximum Gasteiger partial charge on any atom is 0.195 e. The van der Waals surface area contributed by atoms with Gasteiger partial charge in [0.2, 0.25) is 0 Å². The van der Waals surface area contributed by atoms with Gasteiger partial charge in [-0.3, -0.25) is 5.10 Å². The highest BCUT2D eigenvalue weighted by atomic mass is 16.5. The van der Waals surface area contributed by atoms with Crippen LogP contribution in [0.1, 0.15) is 5.76 Å². The van der Waals surface area contributed by atoms with Crippen LogP contribution in [-0.4, -0.2) is 51.6 Å². The van der Waals surface area contributed by atoms with Crippen LogP contribution in [0.15, 0.2) is 34.9 Å². The van der Waals surface area contributed by atoms with Gasteiger partial charge in [-0.05, 0) is 6.07 Å². The van der Waals surface area contributed by atoms with Crippen molar-refractivity contribution in [2.75, 3.05) is 31.2 Å². The number of aliphatic hydroxyl groups excluding tert-OH is 1. The van der Waals surface area contributed by atoms with Gasteiger partial charge >= 0.3 is 0 Å². The zero-order valence-corrected chi connectivity index (χ0v) is 14.0. The third kappa shape index (κ3) is 2.42. The lowest BCUT2D eigenvalue weighted by Gasteiger charge is -2.27. The number of hydrogen-bond donors (Lipinski definition) is 2. The number of aromatic amines is 1. The molecule has 3 aromatic heterocycles. The average Bonchev–Trinajstić information content (AvgIpc) is 3.34. The fraction of sp³-hybridized carbons (Fsp3) is 0.278. The molecule has 0 saturated carbocycles. The predicted octanol–water partition coefficient (Wildman–Crippen LogP) is 2.09. The number of nitrogens with zero attached hydrogens (tertiary/aromatic N) is 4. The number of fused-ring (bicyclic) bond motifs is 2. The summed E-state index contributed by atoms with van der Waals surface area (Å²) in [5.74, 6) is 1.81. The second-order valence-electron chi connectivity index (χ2n) is 6.19. The van der Waals surface area contributed by atoms with E-state index in [1.165, 1.54) is 0 Å². The van der Waals surface area contributed by atoms with Crippen LogP contribution in [0.4, 0.5) is 5.82 Å². The van der Waals surface area contributed by atoms with Crippen LogP contribution in [-0.2, 0) is 11.3 Å². The smallest absolute Gasteiger partial charge is 0.195 e. The summed E-state index contributed by atoms with van der Waals surface area (Å²) in [6.45, 7) is 2.58. The van der Waals surface area contributed by atoms with Crippen molar-refractivity contribution in [2.24, 2.45) is 0 Å². The molecule has 132 valence electrons. The Morgan fingerprint density at radius 3 is 2.92 bits per heavy atom. The molecule has 1 aromatic carbocycles. The normalized spacial score (nSPS) is 15.2. The highest BCUT2D eigenvalue weighted by molar-refractivity contribution is 5.94. The van der Waals surface area contributed by atoms with Gasteiger partial charge in [-0.15, -0.1) is 0 Å². The Kier molecular flexibility index (Phi) is 3.58. The zero-order chi connectivity index (χ0) is 17.5. The first-order valence-corrected chi connectivity index (χ1v) is 8.50. The molecule has 1 fully saturated rings. The van der Waals surface area contributed by atoms with E-state index in [9.17, 15) is 5.11 Å². The minimum atomic E-state index is -0.175. The van der Waals surface area contributed by atoms with Crippen molar-refractivity contribution in [3.05, 3.63) is 36.2 Å². The molecule has 0 spiro atoms. The molecule has 1 aliphatic rings. The molecule has 0 atom stereocenters. The van der Waals surface area contributed by atoms with Crippen molar-refractivity contribution < 1.29 is 14.3 Å². The summed E-state index contributed by atoms with van der Waals surface area (Å²) in [6, 6.07) is 7.66. The van der Waals surface area contributed by atoms with Gasteiger partial charge in [-0.1, -0.05) is 12.1 Å². The van der Waals surface area contributed by atoms with E-state index in [0.717, 1.165) is 35.4 Å². The monoisotopic (exact) mass is 351 g/mol. The van der Waals surface area contributed by atoms with Crippen molar-refractivity contribution >= 4 is 27.8 Å². The number of anilines is 1. The summed E-state index contributed by atoms with van der Waals surface area (Å²) in [4.78, 5) is 11.6. The number of hydrogen-bond acceptors (Lipinski definition) is 7. The first-order valence-electron chi connectivity index (χ1n) is 8.50. The third-order valence-corrected chi connectivity index (χ3v) is 4.60. The highest BCUT2D eigenvalue weighted by Gasteiger charge is 2.22. The van der Waals surface area contributed by atoms with Gasteiger partial charge in [0.25, 0.3) is 0 Å². The third-order valence-electron chi connectivity index (χ3n) is 4.60. The van der Waals surface area contributed by atoms with Crippen LogP contribution in [0.5, 0.6) is 0 Å². The lowest BCUT2D eigenvalue weighted by molar-refractivity contribution is 0.122. The standard InChI is InChI=1S/C18H17N5O3/c24-10-11-8-15-16(26-11)18(23-4-6-25-7-5-23)21-17(20-15)12-2-1-3-14-13(12)9-19-22-14/h1-3,8-9,24H,4-7,10H2,(H,19,22). The number of aromatic nitrogens is 4. The number of morpholine rings is 1. The number of ether oxygens (including phenoxy) is 1. The molecule has 0 radical (unpaired) electrons. The predicted molar refractivity (Wildman–Crippen MR) is 95.8 cm³/mol. The lowest BCUT2D eigenvalue weighted by Crippen LogP contribution is -2.37. The Hall–Kier alpha value is -2.97. The summed E-state index contributed by atoms with van der Waals surface area (Å²) in [5.41, 5.74) is 3.11. The first-order chi connectivity index (χ1) is 12.8. The van der Waals surface area contributed by atoms with E-state index in [2.05, 4.69) is 20.1 Å². The van der Waals surface area contributed by atoms with E-state index in [-0.39, 0.29) is 6.61 Å². The molecule has 4 heterocycles. The number of nitrogens with one attached hydrogen (secondary N) is 1. The van der Waals surface area contributed by atoms with Crippen LogP contribution in [0, 0.1) is 0 Å². The Morgan fingerprint density at radius 2 is 2.08 bits per heavy atom.